The number of hydrogen-bond acceptors (Lipinski definition) is 9. The molecule has 0 aliphatic carbocycles. The highest BCUT2D eigenvalue weighted by atomic mass is 32.2. The molecule has 1 saturated heterocycles. The molecule has 3 aliphatic rings. The molecule has 3 aliphatic heterocycles. The van der Waals surface area contributed by atoms with Crippen molar-refractivity contribution in [2.75, 3.05) is 40.2 Å². The summed E-state index contributed by atoms with van der Waals surface area (Å²) in [5, 5.41) is 7.67. The van der Waals surface area contributed by atoms with Gasteiger partial charge in [0.25, 0.3) is 11.8 Å². The van der Waals surface area contributed by atoms with E-state index in [-0.39, 0.29) is 11.8 Å². The number of anilines is 1. The van der Waals surface area contributed by atoms with Gasteiger partial charge in [0.15, 0.2) is 22.2 Å². The number of hydrogen-bond donors (Lipinski definition) is 1. The molecule has 2 spiro atoms. The molecule has 3 aromatic rings. The summed E-state index contributed by atoms with van der Waals surface area (Å²) in [5.41, 5.74) is 0.958. The maximum Gasteiger partial charge on any atom is 0.269 e. The van der Waals surface area contributed by atoms with Crippen molar-refractivity contribution in [1.82, 2.24) is 19.7 Å². The molecule has 4 heterocycles. The molecule has 10 nitrogen and oxygen atoms in total. The molecule has 6 rings (SSSR count). The quantitative estimate of drug-likeness (QED) is 0.586. The van der Waals surface area contributed by atoms with Gasteiger partial charge in [-0.25, -0.2) is 4.98 Å². The minimum absolute atomic E-state index is 0.247. The van der Waals surface area contributed by atoms with Crippen LogP contribution in [0.15, 0.2) is 47.9 Å². The Labute approximate surface area is 205 Å². The third-order valence-electron chi connectivity index (χ3n) is 7.32. The first-order valence-electron chi connectivity index (χ1n) is 11.0. The summed E-state index contributed by atoms with van der Waals surface area (Å²) < 4.78 is 16.8. The number of para-hydroxylation sites is 1. The molecule has 180 valence electrons. The number of thioether (sulfide) groups is 1. The van der Waals surface area contributed by atoms with Crippen molar-refractivity contribution in [3.8, 4) is 17.2 Å². The van der Waals surface area contributed by atoms with E-state index in [0.717, 1.165) is 11.1 Å². The Morgan fingerprint density at radius 3 is 2.46 bits per heavy atom. The van der Waals surface area contributed by atoms with E-state index in [1.165, 1.54) is 22.8 Å². The maximum atomic E-state index is 14.3. The molecular formula is C24H23N5O5S. The summed E-state index contributed by atoms with van der Waals surface area (Å²) in [6, 6.07) is 11.2. The van der Waals surface area contributed by atoms with Crippen LogP contribution in [0.4, 0.5) is 5.69 Å². The fourth-order valence-electron chi connectivity index (χ4n) is 5.94. The summed E-state index contributed by atoms with van der Waals surface area (Å²) in [5.74, 6) is 0.441. The van der Waals surface area contributed by atoms with Gasteiger partial charge < -0.3 is 19.5 Å². The van der Waals surface area contributed by atoms with Crippen molar-refractivity contribution < 1.29 is 23.8 Å². The molecule has 2 aromatic carbocycles. The van der Waals surface area contributed by atoms with E-state index < -0.39 is 16.2 Å². The molecule has 1 amide bonds. The average molecular weight is 494 g/mol. The Bertz CT molecular complexity index is 1370. The van der Waals surface area contributed by atoms with Crippen LogP contribution in [-0.4, -0.2) is 71.1 Å². The van der Waals surface area contributed by atoms with Crippen molar-refractivity contribution in [2.45, 2.75) is 21.4 Å². The van der Waals surface area contributed by atoms with E-state index in [4.69, 9.17) is 14.2 Å². The average Bonchev–Trinajstić information content (AvgIpc) is 3.58. The number of benzene rings is 2. The lowest BCUT2D eigenvalue weighted by atomic mass is 9.72. The molecule has 0 radical (unpaired) electrons. The summed E-state index contributed by atoms with van der Waals surface area (Å²) in [7, 11) is 6.52. The molecule has 1 aromatic heterocycles. The number of nitrogens with one attached hydrogen (secondary N) is 1. The molecule has 35 heavy (non-hydrogen) atoms. The van der Waals surface area contributed by atoms with E-state index in [2.05, 4.69) is 15.4 Å². The van der Waals surface area contributed by atoms with Crippen molar-refractivity contribution in [3.05, 3.63) is 53.9 Å². The molecular weight excluding hydrogens is 470 g/mol. The molecule has 0 bridgehead atoms. The second kappa shape index (κ2) is 7.46. The molecule has 0 unspecified atom stereocenters. The molecule has 3 atom stereocenters. The van der Waals surface area contributed by atoms with Gasteiger partial charge in [0.1, 0.15) is 11.1 Å². The number of carbonyl (C=O) groups is 2. The van der Waals surface area contributed by atoms with Gasteiger partial charge >= 0.3 is 0 Å². The number of nitrogens with zero attached hydrogens (tertiary/aromatic N) is 4. The highest BCUT2D eigenvalue weighted by molar-refractivity contribution is 8.01. The largest absolute Gasteiger partial charge is 0.493 e. The van der Waals surface area contributed by atoms with Crippen LogP contribution in [-0.2, 0) is 10.3 Å². The van der Waals surface area contributed by atoms with Crippen LogP contribution in [0, 0.1) is 0 Å². The number of amides is 1. The first kappa shape index (κ1) is 21.9. The summed E-state index contributed by atoms with van der Waals surface area (Å²) in [6.07, 6.45) is 1.36. The van der Waals surface area contributed by atoms with Crippen molar-refractivity contribution in [2.24, 2.45) is 0 Å². The van der Waals surface area contributed by atoms with Gasteiger partial charge in [-0.15, -0.1) is 0 Å². The summed E-state index contributed by atoms with van der Waals surface area (Å²) in [6.45, 7) is 0.421. The second-order valence-electron chi connectivity index (χ2n) is 8.70. The van der Waals surface area contributed by atoms with Crippen LogP contribution in [0.5, 0.6) is 17.2 Å². The minimum Gasteiger partial charge on any atom is -0.493 e. The van der Waals surface area contributed by atoms with Crippen molar-refractivity contribution in [3.63, 3.8) is 0 Å². The molecule has 0 saturated carbocycles. The third-order valence-corrected chi connectivity index (χ3v) is 8.86. The highest BCUT2D eigenvalue weighted by Crippen LogP contribution is 2.66. The highest BCUT2D eigenvalue weighted by Gasteiger charge is 2.77. The van der Waals surface area contributed by atoms with E-state index in [1.807, 2.05) is 48.3 Å². The number of methoxy groups -OCH3 is 3. The van der Waals surface area contributed by atoms with Crippen LogP contribution >= 0.6 is 11.8 Å². The fraction of sp³-hybridized carbons (Fsp3) is 0.333. The van der Waals surface area contributed by atoms with Gasteiger partial charge in [-0.05, 0) is 30.8 Å². The van der Waals surface area contributed by atoms with E-state index in [9.17, 15) is 9.59 Å². The Balaban J connectivity index is 1.65. The zero-order valence-electron chi connectivity index (χ0n) is 19.6. The Morgan fingerprint density at radius 1 is 1.09 bits per heavy atom. The van der Waals surface area contributed by atoms with E-state index in [1.54, 1.807) is 21.3 Å². The standard InChI is InChI=1S/C24H23N5O5S/c1-28-11-15(13-9-17(32-2)19(34-4)18(10-13)33-3)24(21(31)29-22(35-24)25-12-26-29)23(28)14-7-5-6-8-16(14)27-20(23)30/h5-10,12,15H,11H2,1-4H3,(H,27,30)/t15-,23+,24-/m0/s1. The first-order chi connectivity index (χ1) is 16.9. The SMILES string of the molecule is COc1cc([C@@H]2CN(C)[C@]3(C(=O)Nc4ccccc43)[C@]23Sc2ncnn2C3=O)cc(OC)c1OC. The number of carbonyl (C=O) groups excluding carboxylic acids is 2. The number of likely N-dealkylation sites (tertiary alicyclic amines) is 1. The number of rotatable bonds is 4. The van der Waals surface area contributed by atoms with E-state index in [0.29, 0.717) is 34.6 Å². The van der Waals surface area contributed by atoms with E-state index >= 15 is 0 Å². The minimum atomic E-state index is -1.28. The second-order valence-corrected chi connectivity index (χ2v) is 9.91. The van der Waals surface area contributed by atoms with Crippen LogP contribution in [0.1, 0.15) is 21.8 Å². The zero-order valence-corrected chi connectivity index (χ0v) is 20.4. The van der Waals surface area contributed by atoms with Crippen molar-refractivity contribution >= 4 is 29.3 Å². The van der Waals surface area contributed by atoms with Crippen LogP contribution in [0.25, 0.3) is 0 Å². The van der Waals surface area contributed by atoms with Crippen LogP contribution < -0.4 is 19.5 Å². The topological polar surface area (TPSA) is 108 Å². The summed E-state index contributed by atoms with van der Waals surface area (Å²) in [4.78, 5) is 34.5. The number of likely N-dealkylation sites (N-methyl/N-ethyl adjacent to an activating group) is 1. The lowest BCUT2D eigenvalue weighted by Gasteiger charge is -2.41. The maximum absolute atomic E-state index is 14.3. The molecule has 11 heteroatoms. The van der Waals surface area contributed by atoms with Gasteiger partial charge in [-0.2, -0.15) is 9.78 Å². The first-order valence-corrected chi connectivity index (χ1v) is 11.8. The van der Waals surface area contributed by atoms with Gasteiger partial charge in [0.05, 0.1) is 21.3 Å². The van der Waals surface area contributed by atoms with Gasteiger partial charge in [-0.3, -0.25) is 14.5 Å². The smallest absolute Gasteiger partial charge is 0.269 e. The number of fused-ring (bicyclic) bond motifs is 4. The Morgan fingerprint density at radius 2 is 1.80 bits per heavy atom. The third kappa shape index (κ3) is 2.49. The predicted octanol–water partition coefficient (Wildman–Crippen LogP) is 2.37. The molecule has 1 N–H and O–H groups in total. The van der Waals surface area contributed by atoms with Crippen molar-refractivity contribution in [1.29, 1.82) is 0 Å². The van der Waals surface area contributed by atoms with Crippen LogP contribution in [0.3, 0.4) is 0 Å². The lowest BCUT2D eigenvalue weighted by Crippen LogP contribution is -2.61. The zero-order chi connectivity index (χ0) is 24.5. The van der Waals surface area contributed by atoms with Gasteiger partial charge in [0.2, 0.25) is 5.75 Å². The van der Waals surface area contributed by atoms with Crippen LogP contribution in [0.2, 0.25) is 0 Å². The number of ether oxygens (including phenoxy) is 3. The fourth-order valence-corrected chi connectivity index (χ4v) is 7.58. The van der Waals surface area contributed by atoms with Gasteiger partial charge in [0, 0.05) is 23.7 Å². The normalized spacial score (nSPS) is 26.8. The monoisotopic (exact) mass is 493 g/mol. The van der Waals surface area contributed by atoms with Gasteiger partial charge in [-0.1, -0.05) is 30.0 Å². The predicted molar refractivity (Wildman–Crippen MR) is 127 cm³/mol. The summed E-state index contributed by atoms with van der Waals surface area (Å²) >= 11 is 1.29. The Kier molecular flexibility index (Phi) is 4.68. The number of aromatic nitrogens is 3. The Hall–Kier alpha value is -3.57. The lowest BCUT2D eigenvalue weighted by molar-refractivity contribution is -0.126. The molecule has 1 fully saturated rings.